The van der Waals surface area contributed by atoms with Crippen LogP contribution in [-0.4, -0.2) is 6.54 Å². The molecule has 15 heavy (non-hydrogen) atoms. The molecule has 1 unspecified atom stereocenters. The molecule has 0 aromatic heterocycles. The highest BCUT2D eigenvalue weighted by Crippen LogP contribution is 2.35. The highest BCUT2D eigenvalue weighted by molar-refractivity contribution is 5.29. The molecule has 82 valence electrons. The monoisotopic (exact) mass is 203 g/mol. The van der Waals surface area contributed by atoms with Crippen molar-refractivity contribution in [3.63, 3.8) is 0 Å². The van der Waals surface area contributed by atoms with E-state index in [2.05, 4.69) is 43.4 Å². The molecule has 1 aliphatic heterocycles. The molecule has 1 N–H and O–H groups in total. The van der Waals surface area contributed by atoms with Gasteiger partial charge in [-0.2, -0.15) is 0 Å². The van der Waals surface area contributed by atoms with Gasteiger partial charge in [0.05, 0.1) is 0 Å². The van der Waals surface area contributed by atoms with Gasteiger partial charge in [-0.05, 0) is 38.3 Å². The van der Waals surface area contributed by atoms with Crippen LogP contribution in [0.4, 0.5) is 0 Å². The third-order valence-corrected chi connectivity index (χ3v) is 3.52. The maximum Gasteiger partial charge on any atom is 0.0435 e. The third kappa shape index (κ3) is 2.07. The first-order valence-corrected chi connectivity index (χ1v) is 6.09. The van der Waals surface area contributed by atoms with Crippen LogP contribution < -0.4 is 5.32 Å². The molecule has 0 radical (unpaired) electrons. The summed E-state index contributed by atoms with van der Waals surface area (Å²) in [5, 5.41) is 3.71. The van der Waals surface area contributed by atoms with Gasteiger partial charge in [0.25, 0.3) is 0 Å². The summed E-state index contributed by atoms with van der Waals surface area (Å²) in [6, 6.07) is 9.05. The largest absolute Gasteiger partial charge is 0.307 e. The summed E-state index contributed by atoms with van der Waals surface area (Å²) in [4.78, 5) is 0. The summed E-state index contributed by atoms with van der Waals surface area (Å²) in [7, 11) is 0. The Hall–Kier alpha value is -0.820. The van der Waals surface area contributed by atoms with Gasteiger partial charge in [-0.3, -0.25) is 0 Å². The van der Waals surface area contributed by atoms with E-state index in [0.717, 1.165) is 0 Å². The van der Waals surface area contributed by atoms with Gasteiger partial charge in [-0.15, -0.1) is 0 Å². The summed E-state index contributed by atoms with van der Waals surface area (Å²) >= 11 is 0. The van der Waals surface area contributed by atoms with Gasteiger partial charge in [0.2, 0.25) is 0 Å². The Balaban J connectivity index is 2.28. The zero-order chi connectivity index (χ0) is 10.7. The SMILES string of the molecule is CCCC1(c2ccc(C)cc2)CCCN1. The van der Waals surface area contributed by atoms with Crippen molar-refractivity contribution in [3.05, 3.63) is 35.4 Å². The van der Waals surface area contributed by atoms with Crippen LogP contribution in [0.2, 0.25) is 0 Å². The number of hydrogen-bond acceptors (Lipinski definition) is 1. The van der Waals surface area contributed by atoms with E-state index in [1.165, 1.54) is 43.4 Å². The molecule has 1 heteroatoms. The lowest BCUT2D eigenvalue weighted by molar-refractivity contribution is 0.356. The van der Waals surface area contributed by atoms with Gasteiger partial charge in [-0.25, -0.2) is 0 Å². The molecule has 1 nitrogen and oxygen atoms in total. The van der Waals surface area contributed by atoms with E-state index >= 15 is 0 Å². The smallest absolute Gasteiger partial charge is 0.0435 e. The van der Waals surface area contributed by atoms with Crippen LogP contribution in [0.15, 0.2) is 24.3 Å². The summed E-state index contributed by atoms with van der Waals surface area (Å²) in [6.07, 6.45) is 5.12. The molecule has 1 saturated heterocycles. The van der Waals surface area contributed by atoms with Crippen LogP contribution in [0.5, 0.6) is 0 Å². The van der Waals surface area contributed by atoms with Crippen LogP contribution in [0.25, 0.3) is 0 Å². The van der Waals surface area contributed by atoms with Gasteiger partial charge in [-0.1, -0.05) is 43.2 Å². The van der Waals surface area contributed by atoms with Crippen molar-refractivity contribution in [1.82, 2.24) is 5.32 Å². The highest BCUT2D eigenvalue weighted by Gasteiger charge is 2.33. The lowest BCUT2D eigenvalue weighted by Crippen LogP contribution is -2.36. The average molecular weight is 203 g/mol. The lowest BCUT2D eigenvalue weighted by Gasteiger charge is -2.30. The molecule has 1 aliphatic rings. The fraction of sp³-hybridized carbons (Fsp3) is 0.571. The fourth-order valence-corrected chi connectivity index (χ4v) is 2.71. The zero-order valence-corrected chi connectivity index (χ0v) is 9.84. The Morgan fingerprint density at radius 1 is 1.27 bits per heavy atom. The van der Waals surface area contributed by atoms with Gasteiger partial charge < -0.3 is 5.32 Å². The molecule has 0 saturated carbocycles. The van der Waals surface area contributed by atoms with E-state index in [4.69, 9.17) is 0 Å². The Morgan fingerprint density at radius 3 is 2.53 bits per heavy atom. The minimum Gasteiger partial charge on any atom is -0.307 e. The molecule has 2 rings (SSSR count). The van der Waals surface area contributed by atoms with Crippen molar-refractivity contribution < 1.29 is 0 Å². The third-order valence-electron chi connectivity index (χ3n) is 3.52. The van der Waals surface area contributed by atoms with E-state index in [1.54, 1.807) is 0 Å². The Kier molecular flexibility index (Phi) is 3.11. The number of hydrogen-bond donors (Lipinski definition) is 1. The first kappa shape index (κ1) is 10.7. The van der Waals surface area contributed by atoms with Crippen LogP contribution in [0, 0.1) is 6.92 Å². The van der Waals surface area contributed by atoms with Crippen molar-refractivity contribution >= 4 is 0 Å². The van der Waals surface area contributed by atoms with E-state index < -0.39 is 0 Å². The van der Waals surface area contributed by atoms with E-state index in [1.807, 2.05) is 0 Å². The molecule has 0 bridgehead atoms. The zero-order valence-electron chi connectivity index (χ0n) is 9.84. The number of aryl methyl sites for hydroxylation is 1. The molecule has 1 fully saturated rings. The number of benzene rings is 1. The second-order valence-electron chi connectivity index (χ2n) is 4.73. The maximum atomic E-state index is 3.71. The summed E-state index contributed by atoms with van der Waals surface area (Å²) in [5.41, 5.74) is 3.11. The predicted molar refractivity (Wildman–Crippen MR) is 65.0 cm³/mol. The van der Waals surface area contributed by atoms with Gasteiger partial charge in [0.15, 0.2) is 0 Å². The number of rotatable bonds is 3. The molecule has 0 amide bonds. The molecular formula is C14H21N. The van der Waals surface area contributed by atoms with Crippen LogP contribution in [-0.2, 0) is 5.54 Å². The highest BCUT2D eigenvalue weighted by atomic mass is 15.0. The first-order valence-electron chi connectivity index (χ1n) is 6.09. The molecule has 1 heterocycles. The minimum absolute atomic E-state index is 0.280. The Labute approximate surface area is 92.9 Å². The van der Waals surface area contributed by atoms with E-state index in [9.17, 15) is 0 Å². The van der Waals surface area contributed by atoms with E-state index in [-0.39, 0.29) is 5.54 Å². The molecule has 1 atom stereocenters. The second-order valence-corrected chi connectivity index (χ2v) is 4.73. The predicted octanol–water partition coefficient (Wildman–Crippen LogP) is 3.37. The van der Waals surface area contributed by atoms with Crippen molar-refractivity contribution in [3.8, 4) is 0 Å². The van der Waals surface area contributed by atoms with Gasteiger partial charge in [0, 0.05) is 5.54 Å². The Morgan fingerprint density at radius 2 is 2.00 bits per heavy atom. The molecule has 0 spiro atoms. The standard InChI is InChI=1S/C14H21N/c1-3-9-14(10-4-11-15-14)13-7-5-12(2)6-8-13/h5-8,15H,3-4,9-11H2,1-2H3. The van der Waals surface area contributed by atoms with Crippen LogP contribution in [0.3, 0.4) is 0 Å². The molecule has 1 aromatic carbocycles. The topological polar surface area (TPSA) is 12.0 Å². The fourth-order valence-electron chi connectivity index (χ4n) is 2.71. The summed E-state index contributed by atoms with van der Waals surface area (Å²) < 4.78 is 0. The summed E-state index contributed by atoms with van der Waals surface area (Å²) in [5.74, 6) is 0. The quantitative estimate of drug-likeness (QED) is 0.794. The van der Waals surface area contributed by atoms with Crippen LogP contribution >= 0.6 is 0 Å². The van der Waals surface area contributed by atoms with Crippen molar-refractivity contribution in [1.29, 1.82) is 0 Å². The molecule has 1 aromatic rings. The van der Waals surface area contributed by atoms with Crippen molar-refractivity contribution in [2.24, 2.45) is 0 Å². The van der Waals surface area contributed by atoms with Crippen molar-refractivity contribution in [2.45, 2.75) is 45.1 Å². The number of nitrogens with one attached hydrogen (secondary N) is 1. The van der Waals surface area contributed by atoms with Crippen LogP contribution in [0.1, 0.15) is 43.7 Å². The lowest BCUT2D eigenvalue weighted by atomic mass is 9.84. The van der Waals surface area contributed by atoms with Gasteiger partial charge in [0.1, 0.15) is 0 Å². The summed E-state index contributed by atoms with van der Waals surface area (Å²) in [6.45, 7) is 5.60. The van der Waals surface area contributed by atoms with E-state index in [0.29, 0.717) is 0 Å². The van der Waals surface area contributed by atoms with Crippen molar-refractivity contribution in [2.75, 3.05) is 6.54 Å². The Bertz CT molecular complexity index is 307. The molecular weight excluding hydrogens is 182 g/mol. The maximum absolute atomic E-state index is 3.71. The molecule has 0 aliphatic carbocycles. The average Bonchev–Trinajstić information content (AvgIpc) is 2.69. The second kappa shape index (κ2) is 4.36. The van der Waals surface area contributed by atoms with Gasteiger partial charge >= 0.3 is 0 Å². The first-order chi connectivity index (χ1) is 7.27. The normalized spacial score (nSPS) is 25.7. The minimum atomic E-state index is 0.280.